The molecule has 4 heterocycles. The molecule has 290 valence electrons. The molecule has 0 unspecified atom stereocenters. The first-order valence-electron chi connectivity index (χ1n) is 16.0. The summed E-state index contributed by atoms with van der Waals surface area (Å²) >= 11 is 8.01. The molecule has 15 nitrogen and oxygen atoms in total. The van der Waals surface area contributed by atoms with Crippen LogP contribution in [-0.2, 0) is 30.2 Å². The number of nitrogens with one attached hydrogen (secondary N) is 3. The van der Waals surface area contributed by atoms with Gasteiger partial charge in [0.2, 0.25) is 5.91 Å². The fraction of sp³-hybridized carbons (Fsp3) is 0.406. The third kappa shape index (κ3) is 9.19. The number of ether oxygens (including phenoxy) is 4. The number of phenols is 1. The number of aliphatic hydroxyl groups excluding tert-OH is 1. The van der Waals surface area contributed by atoms with Gasteiger partial charge in [0.05, 0.1) is 27.2 Å². The maximum absolute atomic E-state index is 13.3. The zero-order chi connectivity index (χ0) is 39.1. The standard InChI is InChI=1S/C32H30F3I4N7O8/c1-31(2)53-24-20(10-47)52-29(25(24)54-31)46-12-44-21-26(42-11-43-27(21)46)40-3-4-41-28(49)19(45-30(50)32(33,34)35)7-13-5-17(38)23(18(39)6-13)51-14-8-15(36)22(48)16(37)9-14/h5-6,8-9,11-12,19-20,24-25,29,47-48H,3-4,7,10H2,1-2H3,(H,41,49)(H,45,50)(H,40,42,43)/t19-,20+,24+,25+,29+/m0/s1. The van der Waals surface area contributed by atoms with Gasteiger partial charge < -0.3 is 45.1 Å². The van der Waals surface area contributed by atoms with Crippen LogP contribution in [0.4, 0.5) is 19.0 Å². The number of hydrogen-bond donors (Lipinski definition) is 5. The van der Waals surface area contributed by atoms with E-state index >= 15 is 0 Å². The van der Waals surface area contributed by atoms with Crippen LogP contribution in [-0.4, -0.2) is 97.6 Å². The number of fused-ring (bicyclic) bond motifs is 2. The van der Waals surface area contributed by atoms with Crippen molar-refractivity contribution >= 4 is 119 Å². The number of aromatic hydroxyl groups is 1. The summed E-state index contributed by atoms with van der Waals surface area (Å²) in [5, 5.41) is 27.4. The molecular weight excluding hydrogens is 1180 g/mol. The minimum Gasteiger partial charge on any atom is -0.506 e. The summed E-state index contributed by atoms with van der Waals surface area (Å²) in [5.74, 6) is -2.57. The first kappa shape index (κ1) is 41.5. The zero-order valence-corrected chi connectivity index (χ0v) is 36.6. The monoisotopic (exact) mass is 1200 g/mol. The smallest absolute Gasteiger partial charge is 0.471 e. The van der Waals surface area contributed by atoms with Crippen molar-refractivity contribution in [2.24, 2.45) is 0 Å². The molecule has 22 heteroatoms. The Labute approximate surface area is 359 Å². The molecule has 0 aliphatic carbocycles. The van der Waals surface area contributed by atoms with Crippen molar-refractivity contribution in [1.29, 1.82) is 0 Å². The van der Waals surface area contributed by atoms with Gasteiger partial charge in [0.15, 0.2) is 34.7 Å². The van der Waals surface area contributed by atoms with Crippen molar-refractivity contribution in [2.75, 3.05) is 25.0 Å². The quantitative estimate of drug-likeness (QED) is 0.0948. The third-order valence-electron chi connectivity index (χ3n) is 8.24. The van der Waals surface area contributed by atoms with E-state index in [1.807, 2.05) is 95.7 Å². The largest absolute Gasteiger partial charge is 0.506 e. The van der Waals surface area contributed by atoms with E-state index in [-0.39, 0.29) is 31.9 Å². The number of phenolic OH excluding ortho intramolecular Hbond substituents is 1. The molecule has 0 bridgehead atoms. The van der Waals surface area contributed by atoms with Crippen molar-refractivity contribution in [3.05, 3.63) is 56.8 Å². The fourth-order valence-corrected chi connectivity index (χ4v) is 9.75. The first-order chi connectivity index (χ1) is 25.5. The number of carbonyl (C=O) groups is 2. The number of alkyl halides is 3. The number of rotatable bonds is 12. The Balaban J connectivity index is 1.12. The summed E-state index contributed by atoms with van der Waals surface area (Å²) in [4.78, 5) is 38.3. The first-order valence-corrected chi connectivity index (χ1v) is 20.3. The topological polar surface area (TPSA) is 191 Å². The van der Waals surface area contributed by atoms with Crippen LogP contribution in [0, 0.1) is 14.3 Å². The van der Waals surface area contributed by atoms with Crippen LogP contribution >= 0.6 is 90.4 Å². The average Bonchev–Trinajstić information content (AvgIpc) is 3.76. The minimum absolute atomic E-state index is 0.0521. The molecule has 2 amide bonds. The molecule has 0 radical (unpaired) electrons. The van der Waals surface area contributed by atoms with Gasteiger partial charge in [0.1, 0.15) is 42.2 Å². The van der Waals surface area contributed by atoms with E-state index in [2.05, 4.69) is 25.6 Å². The molecule has 5 atom stereocenters. The number of aromatic nitrogens is 4. The number of hydrogen-bond acceptors (Lipinski definition) is 12. The van der Waals surface area contributed by atoms with E-state index in [4.69, 9.17) is 18.9 Å². The van der Waals surface area contributed by atoms with Crippen molar-refractivity contribution in [3.8, 4) is 17.2 Å². The zero-order valence-electron chi connectivity index (χ0n) is 28.0. The highest BCUT2D eigenvalue weighted by atomic mass is 127. The molecular formula is C32H30F3I4N7O8. The molecule has 2 fully saturated rings. The highest BCUT2D eigenvalue weighted by Crippen LogP contribution is 2.44. The van der Waals surface area contributed by atoms with Crippen LogP contribution in [0.15, 0.2) is 36.9 Å². The second-order valence-corrected chi connectivity index (χ2v) is 17.2. The van der Waals surface area contributed by atoms with Gasteiger partial charge in [-0.05, 0) is 134 Å². The molecule has 2 aromatic heterocycles. The summed E-state index contributed by atoms with van der Waals surface area (Å²) in [7, 11) is 0. The van der Waals surface area contributed by atoms with Crippen LogP contribution in [0.2, 0.25) is 0 Å². The van der Waals surface area contributed by atoms with Crippen molar-refractivity contribution in [3.63, 3.8) is 0 Å². The Morgan fingerprint density at radius 3 is 2.31 bits per heavy atom. The number of anilines is 1. The number of nitrogens with zero attached hydrogens (tertiary/aromatic N) is 4. The normalized spacial score (nSPS) is 21.1. The predicted octanol–water partition coefficient (Wildman–Crippen LogP) is 4.97. The van der Waals surface area contributed by atoms with Crippen molar-refractivity contribution in [1.82, 2.24) is 30.2 Å². The minimum atomic E-state index is -5.21. The van der Waals surface area contributed by atoms with E-state index in [1.54, 1.807) is 42.7 Å². The number of benzene rings is 2. The lowest BCUT2D eigenvalue weighted by molar-refractivity contribution is -0.199. The van der Waals surface area contributed by atoms with E-state index in [0.29, 0.717) is 48.3 Å². The van der Waals surface area contributed by atoms with Gasteiger partial charge in [-0.15, -0.1) is 0 Å². The third-order valence-corrected chi connectivity index (χ3v) is 11.5. The highest BCUT2D eigenvalue weighted by molar-refractivity contribution is 14.1. The van der Waals surface area contributed by atoms with Gasteiger partial charge in [-0.2, -0.15) is 13.2 Å². The number of halogens is 7. The second kappa shape index (κ2) is 16.8. The Morgan fingerprint density at radius 1 is 1.00 bits per heavy atom. The van der Waals surface area contributed by atoms with E-state index in [1.165, 1.54) is 12.7 Å². The molecule has 2 aromatic carbocycles. The summed E-state index contributed by atoms with van der Waals surface area (Å²) in [6.45, 7) is 3.30. The summed E-state index contributed by atoms with van der Waals surface area (Å²) < 4.78 is 68.1. The van der Waals surface area contributed by atoms with Crippen molar-refractivity contribution < 1.29 is 51.9 Å². The Bertz CT molecular complexity index is 2030. The van der Waals surface area contributed by atoms with E-state index < -0.39 is 54.4 Å². The van der Waals surface area contributed by atoms with Crippen LogP contribution < -0.4 is 20.7 Å². The summed E-state index contributed by atoms with van der Waals surface area (Å²) in [5.41, 5.74) is 1.25. The van der Waals surface area contributed by atoms with Gasteiger partial charge in [-0.25, -0.2) is 15.0 Å². The number of carbonyl (C=O) groups excluding carboxylic acids is 2. The molecule has 6 rings (SSSR count). The van der Waals surface area contributed by atoms with Gasteiger partial charge in [-0.1, -0.05) is 0 Å². The highest BCUT2D eigenvalue weighted by Gasteiger charge is 2.56. The maximum Gasteiger partial charge on any atom is 0.471 e. The van der Waals surface area contributed by atoms with Crippen LogP contribution in [0.5, 0.6) is 17.2 Å². The van der Waals surface area contributed by atoms with E-state index in [0.717, 1.165) is 0 Å². The molecule has 4 aromatic rings. The molecule has 0 spiro atoms. The average molecular weight is 1210 g/mol. The summed E-state index contributed by atoms with van der Waals surface area (Å²) in [6.07, 6.45) is -5.03. The van der Waals surface area contributed by atoms with Crippen LogP contribution in [0.1, 0.15) is 25.6 Å². The molecule has 54 heavy (non-hydrogen) atoms. The number of imidazole rings is 1. The van der Waals surface area contributed by atoms with Gasteiger partial charge >= 0.3 is 12.1 Å². The maximum atomic E-state index is 13.3. The van der Waals surface area contributed by atoms with Crippen LogP contribution in [0.3, 0.4) is 0 Å². The lowest BCUT2D eigenvalue weighted by Crippen LogP contribution is -2.52. The lowest BCUT2D eigenvalue weighted by atomic mass is 10.0. The molecule has 2 aliphatic rings. The summed E-state index contributed by atoms with van der Waals surface area (Å²) in [6, 6.07) is 5.07. The van der Waals surface area contributed by atoms with Crippen molar-refractivity contribution in [2.45, 2.75) is 62.8 Å². The molecule has 5 N–H and O–H groups in total. The van der Waals surface area contributed by atoms with Gasteiger partial charge in [0, 0.05) is 19.5 Å². The lowest BCUT2D eigenvalue weighted by Gasteiger charge is -2.24. The van der Waals surface area contributed by atoms with Gasteiger partial charge in [0.25, 0.3) is 0 Å². The molecule has 2 aliphatic heterocycles. The Hall–Kier alpha value is -2.12. The molecule has 2 saturated heterocycles. The molecule has 0 saturated carbocycles. The Kier molecular flexibility index (Phi) is 12.9. The van der Waals surface area contributed by atoms with Crippen LogP contribution in [0.25, 0.3) is 11.2 Å². The van der Waals surface area contributed by atoms with Gasteiger partial charge in [-0.3, -0.25) is 14.2 Å². The predicted molar refractivity (Wildman–Crippen MR) is 219 cm³/mol. The fourth-order valence-electron chi connectivity index (χ4n) is 5.92. The second-order valence-electron chi connectivity index (χ2n) is 12.5. The van der Waals surface area contributed by atoms with E-state index in [9.17, 15) is 33.0 Å². The SMILES string of the molecule is CC1(C)O[C@@H]2[C@H](O1)[C@@H](CO)O[C@H]2n1cnc2c(NCCNC(=O)[C@H](Cc3cc(I)c(Oc4cc(I)c(O)c(I)c4)c(I)c3)NC(=O)C(F)(F)F)ncnc21. The number of aliphatic hydroxyl groups is 1. The Morgan fingerprint density at radius 2 is 1.67 bits per heavy atom. The number of amides is 2.